The zero-order chi connectivity index (χ0) is 18.5. The predicted octanol–water partition coefficient (Wildman–Crippen LogP) is 2.01. The van der Waals surface area contributed by atoms with Crippen molar-refractivity contribution in [1.29, 1.82) is 0 Å². The van der Waals surface area contributed by atoms with E-state index in [1.54, 1.807) is 0 Å². The van der Waals surface area contributed by atoms with Gasteiger partial charge in [-0.05, 0) is 30.9 Å². The number of nitrogens with one attached hydrogen (secondary N) is 1. The molecule has 1 heterocycles. The van der Waals surface area contributed by atoms with Crippen LogP contribution in [0, 0.1) is 11.8 Å². The van der Waals surface area contributed by atoms with Gasteiger partial charge in [0, 0.05) is 13.2 Å². The van der Waals surface area contributed by atoms with Gasteiger partial charge in [-0.25, -0.2) is 0 Å². The maximum absolute atomic E-state index is 12.4. The number of rotatable bonds is 7. The van der Waals surface area contributed by atoms with Gasteiger partial charge in [0.15, 0.2) is 0 Å². The number of likely N-dealkylation sites (tertiary alicyclic amines) is 1. The fraction of sp³-hybridized carbons (Fsp3) is 0.550. The Morgan fingerprint density at radius 3 is 2.23 bits per heavy atom. The molecule has 1 aliphatic carbocycles. The van der Waals surface area contributed by atoms with Crippen LogP contribution in [0.25, 0.3) is 0 Å². The predicted molar refractivity (Wildman–Crippen MR) is 95.8 cm³/mol. The Morgan fingerprint density at radius 2 is 1.65 bits per heavy atom. The summed E-state index contributed by atoms with van der Waals surface area (Å²) in [5.74, 6) is -1.06. The molecule has 0 aromatic heterocycles. The molecule has 0 spiro atoms. The number of carbonyl (C=O) groups is 3. The SMILES string of the molecule is CCOCc1ccc(CNC(=O)CN2C(=O)C3CCCCC3C2=O)cc1. The summed E-state index contributed by atoms with van der Waals surface area (Å²) in [6, 6.07) is 7.81. The van der Waals surface area contributed by atoms with Gasteiger partial charge >= 0.3 is 0 Å². The lowest BCUT2D eigenvalue weighted by atomic mass is 9.81. The number of nitrogens with zero attached hydrogens (tertiary/aromatic N) is 1. The van der Waals surface area contributed by atoms with E-state index in [4.69, 9.17) is 4.74 Å². The van der Waals surface area contributed by atoms with Crippen molar-refractivity contribution in [2.75, 3.05) is 13.2 Å². The monoisotopic (exact) mass is 358 g/mol. The average Bonchev–Trinajstić information content (AvgIpc) is 2.91. The van der Waals surface area contributed by atoms with Crippen LogP contribution in [0.1, 0.15) is 43.7 Å². The average molecular weight is 358 g/mol. The highest BCUT2D eigenvalue weighted by atomic mass is 16.5. The number of amides is 3. The Kier molecular flexibility index (Phi) is 6.04. The molecular formula is C20H26N2O4. The minimum Gasteiger partial charge on any atom is -0.377 e. The first-order valence-corrected chi connectivity index (χ1v) is 9.37. The number of benzene rings is 1. The van der Waals surface area contributed by atoms with Crippen LogP contribution in [0.2, 0.25) is 0 Å². The normalized spacial score (nSPS) is 22.4. The maximum atomic E-state index is 12.4. The van der Waals surface area contributed by atoms with Gasteiger partial charge in [0.2, 0.25) is 17.7 Å². The second kappa shape index (κ2) is 8.45. The highest BCUT2D eigenvalue weighted by Gasteiger charge is 2.48. The van der Waals surface area contributed by atoms with Crippen molar-refractivity contribution in [3.8, 4) is 0 Å². The Hall–Kier alpha value is -2.21. The fourth-order valence-electron chi connectivity index (χ4n) is 3.76. The van der Waals surface area contributed by atoms with Crippen molar-refractivity contribution in [3.63, 3.8) is 0 Å². The van der Waals surface area contributed by atoms with Gasteiger partial charge in [-0.1, -0.05) is 37.1 Å². The molecule has 3 amide bonds. The van der Waals surface area contributed by atoms with Crippen molar-refractivity contribution < 1.29 is 19.1 Å². The van der Waals surface area contributed by atoms with Crippen molar-refractivity contribution >= 4 is 17.7 Å². The molecule has 1 saturated carbocycles. The minimum absolute atomic E-state index is 0.171. The number of hydrogen-bond donors (Lipinski definition) is 1. The molecule has 2 aliphatic rings. The van der Waals surface area contributed by atoms with Crippen molar-refractivity contribution in [2.45, 2.75) is 45.8 Å². The molecule has 1 aliphatic heterocycles. The topological polar surface area (TPSA) is 75.7 Å². The third-order valence-electron chi connectivity index (χ3n) is 5.22. The molecular weight excluding hydrogens is 332 g/mol. The van der Waals surface area contributed by atoms with Crippen LogP contribution < -0.4 is 5.32 Å². The number of imide groups is 1. The van der Waals surface area contributed by atoms with Gasteiger partial charge in [-0.2, -0.15) is 0 Å². The molecule has 0 bridgehead atoms. The first-order chi connectivity index (χ1) is 12.6. The number of fused-ring (bicyclic) bond motifs is 1. The van der Waals surface area contributed by atoms with E-state index < -0.39 is 0 Å². The van der Waals surface area contributed by atoms with E-state index in [0.29, 0.717) is 19.8 Å². The molecule has 6 nitrogen and oxygen atoms in total. The summed E-state index contributed by atoms with van der Waals surface area (Å²) in [6.45, 7) is 3.40. The first-order valence-electron chi connectivity index (χ1n) is 9.37. The summed E-state index contributed by atoms with van der Waals surface area (Å²) < 4.78 is 5.35. The van der Waals surface area contributed by atoms with Gasteiger partial charge in [-0.15, -0.1) is 0 Å². The van der Waals surface area contributed by atoms with Crippen LogP contribution in [0.15, 0.2) is 24.3 Å². The number of carbonyl (C=O) groups excluding carboxylic acids is 3. The summed E-state index contributed by atoms with van der Waals surface area (Å²) in [7, 11) is 0. The fourth-order valence-corrected chi connectivity index (χ4v) is 3.76. The minimum atomic E-state index is -0.302. The Labute approximate surface area is 153 Å². The molecule has 1 saturated heterocycles. The van der Waals surface area contributed by atoms with E-state index in [0.717, 1.165) is 41.7 Å². The van der Waals surface area contributed by atoms with Gasteiger partial charge in [-0.3, -0.25) is 19.3 Å². The first kappa shape index (κ1) is 18.6. The molecule has 0 radical (unpaired) electrons. The maximum Gasteiger partial charge on any atom is 0.240 e. The van der Waals surface area contributed by atoms with Gasteiger partial charge in [0.1, 0.15) is 6.54 Å². The summed E-state index contributed by atoms with van der Waals surface area (Å²) in [6.07, 6.45) is 3.50. The second-order valence-corrected chi connectivity index (χ2v) is 6.99. The number of ether oxygens (including phenoxy) is 1. The second-order valence-electron chi connectivity index (χ2n) is 6.99. The zero-order valence-electron chi connectivity index (χ0n) is 15.2. The van der Waals surface area contributed by atoms with E-state index >= 15 is 0 Å². The summed E-state index contributed by atoms with van der Waals surface area (Å²) in [4.78, 5) is 38.1. The van der Waals surface area contributed by atoms with Crippen molar-refractivity contribution in [2.24, 2.45) is 11.8 Å². The lowest BCUT2D eigenvalue weighted by Gasteiger charge is -2.19. The lowest BCUT2D eigenvalue weighted by Crippen LogP contribution is -2.40. The molecule has 2 unspecified atom stereocenters. The molecule has 1 aromatic carbocycles. The van der Waals surface area contributed by atoms with Crippen molar-refractivity contribution in [1.82, 2.24) is 10.2 Å². The molecule has 2 atom stereocenters. The molecule has 26 heavy (non-hydrogen) atoms. The van der Waals surface area contributed by atoms with Gasteiger partial charge in [0.05, 0.1) is 18.4 Å². The van der Waals surface area contributed by atoms with E-state index in [-0.39, 0.29) is 36.1 Å². The zero-order valence-corrected chi connectivity index (χ0v) is 15.2. The number of hydrogen-bond acceptors (Lipinski definition) is 4. The standard InChI is InChI=1S/C20H26N2O4/c1-2-26-13-15-9-7-14(8-10-15)11-21-18(23)12-22-19(24)16-5-3-4-6-17(16)20(22)25/h7-10,16-17H,2-6,11-13H2,1H3,(H,21,23). The van der Waals surface area contributed by atoms with Crippen LogP contribution in [-0.4, -0.2) is 35.8 Å². The molecule has 6 heteroatoms. The third kappa shape index (κ3) is 4.12. The molecule has 140 valence electrons. The van der Waals surface area contributed by atoms with E-state index in [1.807, 2.05) is 31.2 Å². The summed E-state index contributed by atoms with van der Waals surface area (Å²) >= 11 is 0. The Balaban J connectivity index is 1.49. The Bertz CT molecular complexity index is 647. The lowest BCUT2D eigenvalue weighted by molar-refractivity contribution is -0.143. The van der Waals surface area contributed by atoms with Gasteiger partial charge in [0.25, 0.3) is 0 Å². The van der Waals surface area contributed by atoms with Crippen LogP contribution in [0.5, 0.6) is 0 Å². The highest BCUT2D eigenvalue weighted by Crippen LogP contribution is 2.37. The smallest absolute Gasteiger partial charge is 0.240 e. The van der Waals surface area contributed by atoms with Crippen LogP contribution in [0.4, 0.5) is 0 Å². The van der Waals surface area contributed by atoms with Gasteiger partial charge < -0.3 is 10.1 Å². The Morgan fingerprint density at radius 1 is 1.08 bits per heavy atom. The quantitative estimate of drug-likeness (QED) is 0.757. The molecule has 1 aromatic rings. The highest BCUT2D eigenvalue weighted by molar-refractivity contribution is 6.07. The summed E-state index contributed by atoms with van der Waals surface area (Å²) in [5, 5.41) is 2.79. The molecule has 1 N–H and O–H groups in total. The van der Waals surface area contributed by atoms with E-state index in [2.05, 4.69) is 5.32 Å². The van der Waals surface area contributed by atoms with Crippen LogP contribution >= 0.6 is 0 Å². The van der Waals surface area contributed by atoms with Crippen LogP contribution in [0.3, 0.4) is 0 Å². The van der Waals surface area contributed by atoms with E-state index in [1.165, 1.54) is 0 Å². The summed E-state index contributed by atoms with van der Waals surface area (Å²) in [5.41, 5.74) is 2.05. The largest absolute Gasteiger partial charge is 0.377 e. The third-order valence-corrected chi connectivity index (χ3v) is 5.22. The van der Waals surface area contributed by atoms with E-state index in [9.17, 15) is 14.4 Å². The van der Waals surface area contributed by atoms with Crippen molar-refractivity contribution in [3.05, 3.63) is 35.4 Å². The molecule has 2 fully saturated rings. The molecule has 3 rings (SSSR count). The van der Waals surface area contributed by atoms with Crippen LogP contribution in [-0.2, 0) is 32.3 Å².